The second-order valence-electron chi connectivity index (χ2n) is 4.11. The fourth-order valence-electron chi connectivity index (χ4n) is 1.92. The van der Waals surface area contributed by atoms with Crippen LogP contribution in [0.15, 0.2) is 11.1 Å². The van der Waals surface area contributed by atoms with E-state index in [9.17, 15) is 4.79 Å². The number of amides is 1. The molecule has 1 aliphatic heterocycles. The molecule has 0 bridgehead atoms. The Morgan fingerprint density at radius 2 is 2.28 bits per heavy atom. The fourth-order valence-corrected chi connectivity index (χ4v) is 2.60. The maximum atomic E-state index is 11.1. The van der Waals surface area contributed by atoms with Crippen LogP contribution in [-0.2, 0) is 4.79 Å². The molecule has 0 unspecified atom stereocenters. The van der Waals surface area contributed by atoms with Crippen molar-refractivity contribution in [2.75, 3.05) is 5.75 Å². The van der Waals surface area contributed by atoms with Gasteiger partial charge >= 0.3 is 0 Å². The molecule has 3 heterocycles. The number of nitrogens with one attached hydrogen (secondary N) is 2. The predicted octanol–water partition coefficient (Wildman–Crippen LogP) is 1.43. The summed E-state index contributed by atoms with van der Waals surface area (Å²) in [5.74, 6) is 0.960. The molecule has 2 aromatic rings. The third-order valence-electron chi connectivity index (χ3n) is 2.63. The molecule has 0 spiro atoms. The topological polar surface area (TPSA) is 83.0 Å². The summed E-state index contributed by atoms with van der Waals surface area (Å²) in [6.45, 7) is 3.93. The van der Waals surface area contributed by atoms with Gasteiger partial charge in [0, 0.05) is 5.69 Å². The highest BCUT2D eigenvalue weighted by atomic mass is 32.2. The highest BCUT2D eigenvalue weighted by Gasteiger charge is 2.18. The highest BCUT2D eigenvalue weighted by molar-refractivity contribution is 8.15. The van der Waals surface area contributed by atoms with Crippen LogP contribution in [0.25, 0.3) is 11.0 Å². The molecular weight excluding hydrogens is 250 g/mol. The lowest BCUT2D eigenvalue weighted by atomic mass is 10.2. The smallest absolute Gasteiger partial charge is 0.236 e. The third-order valence-corrected chi connectivity index (χ3v) is 3.50. The van der Waals surface area contributed by atoms with E-state index in [2.05, 4.69) is 25.5 Å². The Kier molecular flexibility index (Phi) is 2.55. The number of hydrogen-bond donors (Lipinski definition) is 2. The maximum Gasteiger partial charge on any atom is 0.236 e. The quantitative estimate of drug-likeness (QED) is 0.813. The second kappa shape index (κ2) is 4.09. The highest BCUT2D eigenvalue weighted by Crippen LogP contribution is 2.27. The Bertz CT molecular complexity index is 675. The minimum atomic E-state index is -0.0238. The van der Waals surface area contributed by atoms with Gasteiger partial charge in [0.25, 0.3) is 0 Å². The number of carbonyl (C=O) groups excluding carboxylic acids is 1. The van der Waals surface area contributed by atoms with Gasteiger partial charge in [0.1, 0.15) is 0 Å². The summed E-state index contributed by atoms with van der Waals surface area (Å²) in [6.07, 6.45) is 0. The molecule has 2 N–H and O–H groups in total. The average Bonchev–Trinajstić information content (AvgIpc) is 2.86. The van der Waals surface area contributed by atoms with Crippen molar-refractivity contribution in [1.82, 2.24) is 20.5 Å². The van der Waals surface area contributed by atoms with E-state index in [1.54, 1.807) is 0 Å². The molecule has 1 saturated heterocycles. The summed E-state index contributed by atoms with van der Waals surface area (Å²) < 4.78 is 0. The molecule has 0 aromatic carbocycles. The van der Waals surface area contributed by atoms with Crippen LogP contribution in [-0.4, -0.2) is 32.0 Å². The number of aliphatic imine (C=N–C) groups is 1. The number of pyridine rings is 1. The number of aromatic nitrogens is 3. The van der Waals surface area contributed by atoms with E-state index in [0.717, 1.165) is 22.3 Å². The Labute approximate surface area is 107 Å². The van der Waals surface area contributed by atoms with Crippen molar-refractivity contribution in [2.24, 2.45) is 4.99 Å². The summed E-state index contributed by atoms with van der Waals surface area (Å²) in [6, 6.07) is 1.99. The van der Waals surface area contributed by atoms with E-state index in [4.69, 9.17) is 0 Å². The number of aryl methyl sites for hydroxylation is 2. The van der Waals surface area contributed by atoms with Crippen LogP contribution in [0.2, 0.25) is 0 Å². The number of thioether (sulfide) groups is 1. The summed E-state index contributed by atoms with van der Waals surface area (Å²) in [5.41, 5.74) is 2.73. The first kappa shape index (κ1) is 11.2. The van der Waals surface area contributed by atoms with E-state index < -0.39 is 0 Å². The van der Waals surface area contributed by atoms with Crippen LogP contribution in [0.5, 0.6) is 0 Å². The Morgan fingerprint density at radius 1 is 1.44 bits per heavy atom. The molecule has 0 saturated carbocycles. The monoisotopic (exact) mass is 261 g/mol. The van der Waals surface area contributed by atoms with Crippen molar-refractivity contribution in [1.29, 1.82) is 0 Å². The van der Waals surface area contributed by atoms with Crippen molar-refractivity contribution in [3.8, 4) is 0 Å². The lowest BCUT2D eigenvalue weighted by Crippen LogP contribution is -2.19. The normalized spacial score (nSPS) is 17.7. The Morgan fingerprint density at radius 3 is 3.00 bits per heavy atom. The standard InChI is InChI=1S/C11H11N5OS/c1-5-3-6(2)12-9-8(5)10(16-15-9)14-11-13-7(17)4-18-11/h3H,4H2,1-2H3,(H2,12,13,14,15,16,17). The van der Waals surface area contributed by atoms with E-state index in [0.29, 0.717) is 16.7 Å². The zero-order valence-corrected chi connectivity index (χ0v) is 10.8. The van der Waals surface area contributed by atoms with Crippen LogP contribution < -0.4 is 5.32 Å². The second-order valence-corrected chi connectivity index (χ2v) is 5.07. The fraction of sp³-hybridized carbons (Fsp3) is 0.273. The van der Waals surface area contributed by atoms with Gasteiger partial charge in [-0.2, -0.15) is 5.10 Å². The van der Waals surface area contributed by atoms with E-state index in [1.807, 2.05) is 19.9 Å². The number of aromatic amines is 1. The molecule has 6 nitrogen and oxygen atoms in total. The van der Waals surface area contributed by atoms with Gasteiger partial charge in [0.2, 0.25) is 5.91 Å². The zero-order valence-electron chi connectivity index (χ0n) is 9.94. The van der Waals surface area contributed by atoms with Gasteiger partial charge < -0.3 is 5.32 Å². The maximum absolute atomic E-state index is 11.1. The van der Waals surface area contributed by atoms with Gasteiger partial charge in [-0.25, -0.2) is 9.98 Å². The van der Waals surface area contributed by atoms with Crippen molar-refractivity contribution in [3.63, 3.8) is 0 Å². The third kappa shape index (κ3) is 1.86. The molecule has 0 aliphatic carbocycles. The van der Waals surface area contributed by atoms with Crippen LogP contribution in [0.4, 0.5) is 5.82 Å². The van der Waals surface area contributed by atoms with Crippen molar-refractivity contribution >= 4 is 39.7 Å². The largest absolute Gasteiger partial charge is 0.304 e. The number of amidine groups is 1. The molecule has 7 heteroatoms. The zero-order chi connectivity index (χ0) is 12.7. The molecular formula is C11H11N5OS. The molecule has 1 aliphatic rings. The number of nitrogens with zero attached hydrogens (tertiary/aromatic N) is 3. The minimum Gasteiger partial charge on any atom is -0.304 e. The summed E-state index contributed by atoms with van der Waals surface area (Å²) in [4.78, 5) is 19.8. The van der Waals surface area contributed by atoms with Crippen LogP contribution >= 0.6 is 11.8 Å². The van der Waals surface area contributed by atoms with E-state index in [-0.39, 0.29) is 5.91 Å². The molecule has 92 valence electrons. The number of H-pyrrole nitrogens is 1. The predicted molar refractivity (Wildman–Crippen MR) is 71.1 cm³/mol. The van der Waals surface area contributed by atoms with Crippen molar-refractivity contribution < 1.29 is 4.79 Å². The SMILES string of the molecule is Cc1cc(C)c2c(N=C3NC(=O)CS3)n[nH]c2n1. The number of fused-ring (bicyclic) bond motifs is 1. The Balaban J connectivity index is 2.11. The summed E-state index contributed by atoms with van der Waals surface area (Å²) >= 11 is 1.38. The summed E-state index contributed by atoms with van der Waals surface area (Å²) in [7, 11) is 0. The number of carbonyl (C=O) groups is 1. The van der Waals surface area contributed by atoms with E-state index in [1.165, 1.54) is 11.8 Å². The van der Waals surface area contributed by atoms with Crippen molar-refractivity contribution in [3.05, 3.63) is 17.3 Å². The number of hydrogen-bond acceptors (Lipinski definition) is 5. The van der Waals surface area contributed by atoms with Gasteiger partial charge in [-0.05, 0) is 25.5 Å². The van der Waals surface area contributed by atoms with Crippen LogP contribution in [0.1, 0.15) is 11.3 Å². The first-order chi connectivity index (χ1) is 8.63. The molecule has 3 rings (SSSR count). The van der Waals surface area contributed by atoms with Gasteiger partial charge in [-0.15, -0.1) is 0 Å². The van der Waals surface area contributed by atoms with Gasteiger partial charge in [0.15, 0.2) is 16.6 Å². The molecule has 0 radical (unpaired) electrons. The van der Waals surface area contributed by atoms with Crippen LogP contribution in [0, 0.1) is 13.8 Å². The molecule has 2 aromatic heterocycles. The minimum absolute atomic E-state index is 0.0238. The van der Waals surface area contributed by atoms with Crippen molar-refractivity contribution in [2.45, 2.75) is 13.8 Å². The molecule has 0 atom stereocenters. The van der Waals surface area contributed by atoms with Gasteiger partial charge in [-0.1, -0.05) is 11.8 Å². The lowest BCUT2D eigenvalue weighted by molar-refractivity contribution is -0.116. The molecule has 1 amide bonds. The average molecular weight is 261 g/mol. The first-order valence-corrected chi connectivity index (χ1v) is 6.46. The van der Waals surface area contributed by atoms with E-state index >= 15 is 0 Å². The van der Waals surface area contributed by atoms with Gasteiger partial charge in [-0.3, -0.25) is 9.89 Å². The van der Waals surface area contributed by atoms with Crippen LogP contribution in [0.3, 0.4) is 0 Å². The summed E-state index contributed by atoms with van der Waals surface area (Å²) in [5, 5.41) is 11.2. The Hall–Kier alpha value is -1.89. The molecule has 18 heavy (non-hydrogen) atoms. The van der Waals surface area contributed by atoms with Gasteiger partial charge in [0.05, 0.1) is 11.1 Å². The number of rotatable bonds is 1. The lowest BCUT2D eigenvalue weighted by Gasteiger charge is -1.98. The first-order valence-electron chi connectivity index (χ1n) is 5.47. The molecule has 1 fully saturated rings.